The highest BCUT2D eigenvalue weighted by atomic mass is 16.5. The molecule has 0 heterocycles. The average Bonchev–Trinajstić information content (AvgIpc) is 2.62. The van der Waals surface area contributed by atoms with Crippen LogP contribution < -0.4 is 14.2 Å². The quantitative estimate of drug-likeness (QED) is 0.677. The topological polar surface area (TPSA) is 68.2 Å². The minimum absolute atomic E-state index is 0.358. The Hall–Kier alpha value is -2.24. The molecule has 0 aliphatic heterocycles. The van der Waals surface area contributed by atoms with E-state index in [0.29, 0.717) is 37.6 Å². The number of rotatable bonds is 10. The smallest absolute Gasteiger partial charge is 0.161 e. The second-order valence-corrected chi connectivity index (χ2v) is 6.36. The van der Waals surface area contributed by atoms with E-state index in [1.807, 2.05) is 42.5 Å². The Balaban J connectivity index is 2.03. The molecule has 0 radical (unpaired) electrons. The molecule has 0 aliphatic carbocycles. The van der Waals surface area contributed by atoms with Crippen LogP contribution in [-0.4, -0.2) is 42.7 Å². The highest BCUT2D eigenvalue weighted by Crippen LogP contribution is 2.33. The molecule has 142 valence electrons. The zero-order valence-electron chi connectivity index (χ0n) is 15.6. The van der Waals surface area contributed by atoms with E-state index in [4.69, 9.17) is 14.2 Å². The first-order chi connectivity index (χ1) is 12.5. The van der Waals surface area contributed by atoms with Gasteiger partial charge in [0.2, 0.25) is 0 Å². The van der Waals surface area contributed by atoms with Crippen LogP contribution in [0.5, 0.6) is 17.2 Å². The molecule has 0 saturated carbocycles. The molecule has 0 fully saturated rings. The van der Waals surface area contributed by atoms with Crippen LogP contribution in [0.15, 0.2) is 42.5 Å². The number of benzene rings is 2. The SMILES string of the molecule is COc1cc(-c2ccc(OCCC(C)O)cc2)ccc1OCCC(C)O. The lowest BCUT2D eigenvalue weighted by atomic mass is 10.0. The average molecular weight is 360 g/mol. The molecule has 0 amide bonds. The molecular formula is C21H28O5. The lowest BCUT2D eigenvalue weighted by Gasteiger charge is -2.13. The third-order valence-corrected chi connectivity index (χ3v) is 3.95. The van der Waals surface area contributed by atoms with Crippen LogP contribution in [0.4, 0.5) is 0 Å². The van der Waals surface area contributed by atoms with Crippen LogP contribution in [0.25, 0.3) is 11.1 Å². The molecular weight excluding hydrogens is 332 g/mol. The van der Waals surface area contributed by atoms with Crippen molar-refractivity contribution in [2.75, 3.05) is 20.3 Å². The second-order valence-electron chi connectivity index (χ2n) is 6.36. The summed E-state index contributed by atoms with van der Waals surface area (Å²) in [6, 6.07) is 13.6. The second kappa shape index (κ2) is 10.0. The number of ether oxygens (including phenoxy) is 3. The van der Waals surface area contributed by atoms with Crippen LogP contribution in [-0.2, 0) is 0 Å². The largest absolute Gasteiger partial charge is 0.493 e. The van der Waals surface area contributed by atoms with E-state index >= 15 is 0 Å². The summed E-state index contributed by atoms with van der Waals surface area (Å²) in [5.74, 6) is 2.10. The number of methoxy groups -OCH3 is 1. The van der Waals surface area contributed by atoms with Crippen LogP contribution in [0.2, 0.25) is 0 Å². The summed E-state index contributed by atoms with van der Waals surface area (Å²) in [5, 5.41) is 18.6. The summed E-state index contributed by atoms with van der Waals surface area (Å²) in [5.41, 5.74) is 2.06. The molecule has 0 aliphatic rings. The monoisotopic (exact) mass is 360 g/mol. The molecule has 0 saturated heterocycles. The zero-order valence-corrected chi connectivity index (χ0v) is 15.6. The fourth-order valence-electron chi connectivity index (χ4n) is 2.40. The molecule has 2 rings (SSSR count). The van der Waals surface area contributed by atoms with Gasteiger partial charge in [-0.3, -0.25) is 0 Å². The van der Waals surface area contributed by atoms with E-state index in [-0.39, 0.29) is 12.2 Å². The van der Waals surface area contributed by atoms with Gasteiger partial charge in [0.05, 0.1) is 32.5 Å². The summed E-state index contributed by atoms with van der Waals surface area (Å²) in [6.07, 6.45) is 0.432. The maximum absolute atomic E-state index is 9.32. The summed E-state index contributed by atoms with van der Waals surface area (Å²) < 4.78 is 16.7. The van der Waals surface area contributed by atoms with Crippen LogP contribution >= 0.6 is 0 Å². The Bertz CT molecular complexity index is 665. The van der Waals surface area contributed by atoms with Crippen molar-refractivity contribution in [3.05, 3.63) is 42.5 Å². The molecule has 2 unspecified atom stereocenters. The van der Waals surface area contributed by atoms with Gasteiger partial charge in [-0.25, -0.2) is 0 Å². The standard InChI is InChI=1S/C21H28O5/c1-15(22)10-12-25-19-7-4-17(5-8-19)18-6-9-20(21(14-18)24-3)26-13-11-16(2)23/h4-9,14-16,22-23H,10-13H2,1-3H3. The van der Waals surface area contributed by atoms with Gasteiger partial charge < -0.3 is 24.4 Å². The van der Waals surface area contributed by atoms with Crippen LogP contribution in [0.3, 0.4) is 0 Å². The van der Waals surface area contributed by atoms with E-state index in [9.17, 15) is 10.2 Å². The molecule has 0 bridgehead atoms. The molecule has 2 N–H and O–H groups in total. The number of aliphatic hydroxyl groups excluding tert-OH is 2. The minimum atomic E-state index is -0.387. The van der Waals surface area contributed by atoms with E-state index in [2.05, 4.69) is 0 Å². The van der Waals surface area contributed by atoms with E-state index < -0.39 is 0 Å². The molecule has 26 heavy (non-hydrogen) atoms. The maximum atomic E-state index is 9.32. The number of hydrogen-bond donors (Lipinski definition) is 2. The van der Waals surface area contributed by atoms with Gasteiger partial charge >= 0.3 is 0 Å². The van der Waals surface area contributed by atoms with Crippen molar-refractivity contribution in [2.24, 2.45) is 0 Å². The predicted octanol–water partition coefficient (Wildman–Crippen LogP) is 3.66. The van der Waals surface area contributed by atoms with Crippen LogP contribution in [0.1, 0.15) is 26.7 Å². The van der Waals surface area contributed by atoms with Gasteiger partial charge in [-0.05, 0) is 49.2 Å². The van der Waals surface area contributed by atoms with Crippen molar-refractivity contribution < 1.29 is 24.4 Å². The highest BCUT2D eigenvalue weighted by molar-refractivity contribution is 5.67. The lowest BCUT2D eigenvalue weighted by Crippen LogP contribution is -2.08. The Kier molecular flexibility index (Phi) is 7.75. The fourth-order valence-corrected chi connectivity index (χ4v) is 2.40. The van der Waals surface area contributed by atoms with Crippen molar-refractivity contribution in [1.29, 1.82) is 0 Å². The molecule has 5 heteroatoms. The first-order valence-electron chi connectivity index (χ1n) is 8.89. The van der Waals surface area contributed by atoms with E-state index in [1.54, 1.807) is 21.0 Å². The Morgan fingerprint density at radius 3 is 1.92 bits per heavy atom. The summed E-state index contributed by atoms with van der Waals surface area (Å²) in [7, 11) is 1.61. The third kappa shape index (κ3) is 6.24. The van der Waals surface area contributed by atoms with Crippen LogP contribution in [0, 0.1) is 0 Å². The molecule has 5 nitrogen and oxygen atoms in total. The molecule has 0 spiro atoms. The summed E-state index contributed by atoms with van der Waals surface area (Å²) in [6.45, 7) is 4.41. The maximum Gasteiger partial charge on any atom is 0.161 e. The number of hydrogen-bond acceptors (Lipinski definition) is 5. The van der Waals surface area contributed by atoms with Gasteiger partial charge in [0.25, 0.3) is 0 Å². The van der Waals surface area contributed by atoms with Gasteiger partial charge in [0, 0.05) is 12.8 Å². The van der Waals surface area contributed by atoms with Crippen molar-refractivity contribution in [2.45, 2.75) is 38.9 Å². The Morgan fingerprint density at radius 1 is 0.769 bits per heavy atom. The van der Waals surface area contributed by atoms with Crippen molar-refractivity contribution in [1.82, 2.24) is 0 Å². The molecule has 2 aromatic rings. The normalized spacial score (nSPS) is 13.1. The van der Waals surface area contributed by atoms with Crippen molar-refractivity contribution in [3.63, 3.8) is 0 Å². The van der Waals surface area contributed by atoms with Crippen molar-refractivity contribution >= 4 is 0 Å². The van der Waals surface area contributed by atoms with Crippen molar-refractivity contribution in [3.8, 4) is 28.4 Å². The lowest BCUT2D eigenvalue weighted by molar-refractivity contribution is 0.154. The van der Waals surface area contributed by atoms with Gasteiger partial charge in [-0.1, -0.05) is 18.2 Å². The Labute approximate surface area is 155 Å². The Morgan fingerprint density at radius 2 is 1.35 bits per heavy atom. The van der Waals surface area contributed by atoms with Gasteiger partial charge in [-0.15, -0.1) is 0 Å². The summed E-state index contributed by atoms with van der Waals surface area (Å²) >= 11 is 0. The third-order valence-electron chi connectivity index (χ3n) is 3.95. The highest BCUT2D eigenvalue weighted by Gasteiger charge is 2.08. The fraction of sp³-hybridized carbons (Fsp3) is 0.429. The minimum Gasteiger partial charge on any atom is -0.493 e. The molecule has 0 aromatic heterocycles. The summed E-state index contributed by atoms with van der Waals surface area (Å²) in [4.78, 5) is 0. The number of aliphatic hydroxyl groups is 2. The molecule has 2 atom stereocenters. The van der Waals surface area contributed by atoms with E-state index in [1.165, 1.54) is 0 Å². The first kappa shape index (κ1) is 20.1. The van der Waals surface area contributed by atoms with Gasteiger partial charge in [0.15, 0.2) is 11.5 Å². The van der Waals surface area contributed by atoms with Gasteiger partial charge in [0.1, 0.15) is 5.75 Å². The predicted molar refractivity (Wildman–Crippen MR) is 102 cm³/mol. The van der Waals surface area contributed by atoms with Gasteiger partial charge in [-0.2, -0.15) is 0 Å². The van der Waals surface area contributed by atoms with E-state index in [0.717, 1.165) is 16.9 Å². The first-order valence-corrected chi connectivity index (χ1v) is 8.89. The zero-order chi connectivity index (χ0) is 18.9. The molecule has 2 aromatic carbocycles.